The van der Waals surface area contributed by atoms with Crippen LogP contribution >= 0.6 is 92.8 Å². The van der Waals surface area contributed by atoms with Gasteiger partial charge in [-0.25, -0.2) is 0 Å². The zero-order valence-corrected chi connectivity index (χ0v) is 17.1. The molecule has 0 amide bonds. The van der Waals surface area contributed by atoms with Crippen molar-refractivity contribution in [2.24, 2.45) is 0 Å². The number of rotatable bonds is 9. The SMILES string of the molecule is CCCCCCCCC(Cl)C(Cl)(Cl)C(Cl)(Cl)C(Cl)(Cl)Cl. The Morgan fingerprint density at radius 3 is 1.65 bits per heavy atom. The molecule has 0 heterocycles. The summed E-state index contributed by atoms with van der Waals surface area (Å²) in [5, 5.41) is -0.720. The Labute approximate surface area is 161 Å². The van der Waals surface area contributed by atoms with Gasteiger partial charge in [0.05, 0.1) is 5.38 Å². The third kappa shape index (κ3) is 6.44. The van der Waals surface area contributed by atoms with Gasteiger partial charge in [0.15, 0.2) is 8.67 Å². The largest absolute Gasteiger partial charge is 0.226 e. The molecule has 0 rings (SSSR count). The molecule has 8 heteroatoms. The second-order valence-corrected chi connectivity index (χ2v) is 10.2. The van der Waals surface area contributed by atoms with Crippen molar-refractivity contribution in [3.05, 3.63) is 0 Å². The van der Waals surface area contributed by atoms with Crippen molar-refractivity contribution >= 4 is 92.8 Å². The fraction of sp³-hybridized carbons (Fsp3) is 1.00. The fourth-order valence-electron chi connectivity index (χ4n) is 1.67. The van der Waals surface area contributed by atoms with Gasteiger partial charge in [0.25, 0.3) is 0 Å². The van der Waals surface area contributed by atoms with Crippen LogP contribution in [0.5, 0.6) is 0 Å². The topological polar surface area (TPSA) is 0 Å². The maximum absolute atomic E-state index is 6.19. The molecule has 0 aromatic heterocycles. The Kier molecular flexibility index (Phi) is 10.7. The van der Waals surface area contributed by atoms with Crippen LogP contribution in [0.15, 0.2) is 0 Å². The van der Waals surface area contributed by atoms with E-state index in [4.69, 9.17) is 92.8 Å². The van der Waals surface area contributed by atoms with Crippen LogP contribution < -0.4 is 0 Å². The lowest BCUT2D eigenvalue weighted by atomic mass is 10.1. The van der Waals surface area contributed by atoms with Gasteiger partial charge in [0.1, 0.15) is 0 Å². The minimum absolute atomic E-state index is 0.544. The molecular weight excluding hydrogens is 428 g/mol. The first-order valence-corrected chi connectivity index (χ1v) is 9.53. The van der Waals surface area contributed by atoms with E-state index in [2.05, 4.69) is 6.92 Å². The van der Waals surface area contributed by atoms with Crippen molar-refractivity contribution in [1.29, 1.82) is 0 Å². The highest BCUT2D eigenvalue weighted by molar-refractivity contribution is 6.79. The van der Waals surface area contributed by atoms with Crippen LogP contribution in [-0.4, -0.2) is 17.8 Å². The molecule has 0 aromatic rings. The highest BCUT2D eigenvalue weighted by Crippen LogP contribution is 2.58. The van der Waals surface area contributed by atoms with Gasteiger partial charge in [-0.2, -0.15) is 0 Å². The van der Waals surface area contributed by atoms with Crippen molar-refractivity contribution in [3.63, 3.8) is 0 Å². The smallest absolute Gasteiger partial charge is 0.120 e. The number of unbranched alkanes of at least 4 members (excludes halogenated alkanes) is 5. The van der Waals surface area contributed by atoms with Crippen LogP contribution in [0, 0.1) is 0 Å². The quantitative estimate of drug-likeness (QED) is 0.248. The van der Waals surface area contributed by atoms with Crippen molar-refractivity contribution in [3.8, 4) is 0 Å². The van der Waals surface area contributed by atoms with Crippen LogP contribution in [0.25, 0.3) is 0 Å². The van der Waals surface area contributed by atoms with Crippen LogP contribution in [0.4, 0.5) is 0 Å². The van der Waals surface area contributed by atoms with Gasteiger partial charge in [-0.15, -0.1) is 11.6 Å². The van der Waals surface area contributed by atoms with E-state index in [0.29, 0.717) is 6.42 Å². The zero-order chi connectivity index (χ0) is 16.0. The number of hydrogen-bond acceptors (Lipinski definition) is 0. The lowest BCUT2D eigenvalue weighted by Crippen LogP contribution is -2.52. The average Bonchev–Trinajstić information content (AvgIpc) is 2.31. The Morgan fingerprint density at radius 2 is 1.20 bits per heavy atom. The Bertz CT molecular complexity index is 271. The van der Waals surface area contributed by atoms with Gasteiger partial charge in [-0.1, -0.05) is 127 Å². The monoisotopic (exact) mass is 442 g/mol. The summed E-state index contributed by atoms with van der Waals surface area (Å²) in [7, 11) is 0. The summed E-state index contributed by atoms with van der Waals surface area (Å²) in [6, 6.07) is 0. The van der Waals surface area contributed by atoms with Crippen molar-refractivity contribution in [2.45, 2.75) is 69.7 Å². The normalized spacial score (nSPS) is 15.4. The van der Waals surface area contributed by atoms with Crippen LogP contribution in [0.2, 0.25) is 0 Å². The molecule has 0 N–H and O–H groups in total. The van der Waals surface area contributed by atoms with Crippen molar-refractivity contribution in [1.82, 2.24) is 0 Å². The van der Waals surface area contributed by atoms with Gasteiger partial charge in [-0.05, 0) is 6.42 Å². The molecule has 0 saturated carbocycles. The molecule has 0 aliphatic heterocycles. The summed E-state index contributed by atoms with van der Waals surface area (Å²) in [5.41, 5.74) is 0. The summed E-state index contributed by atoms with van der Waals surface area (Å²) < 4.78 is -5.83. The minimum Gasteiger partial charge on any atom is -0.120 e. The Hall–Kier alpha value is 2.32. The van der Waals surface area contributed by atoms with Crippen molar-refractivity contribution < 1.29 is 0 Å². The Morgan fingerprint density at radius 1 is 0.750 bits per heavy atom. The average molecular weight is 446 g/mol. The molecular formula is C12H18Cl8. The predicted octanol–water partition coefficient (Wildman–Crippen LogP) is 8.06. The summed E-state index contributed by atoms with van der Waals surface area (Å²) in [4.78, 5) is 0. The number of halogens is 8. The number of alkyl halides is 8. The van der Waals surface area contributed by atoms with Gasteiger partial charge < -0.3 is 0 Å². The van der Waals surface area contributed by atoms with E-state index >= 15 is 0 Å². The molecule has 0 saturated heterocycles. The molecule has 0 aliphatic rings. The standard InChI is InChI=1S/C12H18Cl8/c1-2-3-4-5-6-7-8-9(13)10(14,15)11(16,17)12(18,19)20/h9H,2-8H2,1H3. The van der Waals surface area contributed by atoms with Gasteiger partial charge in [0, 0.05) is 0 Å². The maximum Gasteiger partial charge on any atom is 0.226 e. The summed E-state index contributed by atoms with van der Waals surface area (Å²) in [5.74, 6) is 0. The summed E-state index contributed by atoms with van der Waals surface area (Å²) in [6.07, 6.45) is 7.24. The predicted molar refractivity (Wildman–Crippen MR) is 96.8 cm³/mol. The molecule has 0 bridgehead atoms. The van der Waals surface area contributed by atoms with Crippen LogP contribution in [0.3, 0.4) is 0 Å². The van der Waals surface area contributed by atoms with E-state index in [9.17, 15) is 0 Å². The minimum atomic E-state index is -2.05. The van der Waals surface area contributed by atoms with Gasteiger partial charge in [-0.3, -0.25) is 0 Å². The van der Waals surface area contributed by atoms with Crippen LogP contribution in [0.1, 0.15) is 51.9 Å². The molecule has 0 aromatic carbocycles. The molecule has 0 fully saturated rings. The van der Waals surface area contributed by atoms with E-state index in [1.807, 2.05) is 0 Å². The highest BCUT2D eigenvalue weighted by Gasteiger charge is 2.62. The summed E-state index contributed by atoms with van der Waals surface area (Å²) in [6.45, 7) is 2.17. The van der Waals surface area contributed by atoms with E-state index < -0.39 is 17.8 Å². The molecule has 20 heavy (non-hydrogen) atoms. The third-order valence-corrected chi connectivity index (χ3v) is 7.82. The zero-order valence-electron chi connectivity index (χ0n) is 11.1. The molecule has 1 atom stereocenters. The lowest BCUT2D eigenvalue weighted by molar-refractivity contribution is 0.537. The van der Waals surface area contributed by atoms with Crippen LogP contribution in [-0.2, 0) is 0 Å². The second kappa shape index (κ2) is 9.58. The van der Waals surface area contributed by atoms with E-state index in [1.165, 1.54) is 19.3 Å². The molecule has 0 radical (unpaired) electrons. The molecule has 122 valence electrons. The highest BCUT2D eigenvalue weighted by atomic mass is 35.6. The number of hydrogen-bond donors (Lipinski definition) is 0. The first-order valence-electron chi connectivity index (χ1n) is 6.45. The molecule has 0 spiro atoms. The van der Waals surface area contributed by atoms with E-state index in [-0.39, 0.29) is 0 Å². The maximum atomic E-state index is 6.19. The first-order chi connectivity index (χ1) is 8.98. The van der Waals surface area contributed by atoms with Crippen molar-refractivity contribution in [2.75, 3.05) is 0 Å². The summed E-state index contributed by atoms with van der Waals surface area (Å²) >= 11 is 47.6. The molecule has 0 nitrogen and oxygen atoms in total. The first kappa shape index (κ1) is 22.3. The van der Waals surface area contributed by atoms with E-state index in [0.717, 1.165) is 19.3 Å². The fourth-order valence-corrected chi connectivity index (χ4v) is 3.60. The third-order valence-electron chi connectivity index (χ3n) is 2.98. The molecule has 1 unspecified atom stereocenters. The van der Waals surface area contributed by atoms with Gasteiger partial charge >= 0.3 is 0 Å². The molecule has 0 aliphatic carbocycles. The lowest BCUT2D eigenvalue weighted by Gasteiger charge is -2.40. The Balaban J connectivity index is 4.35. The second-order valence-electron chi connectivity index (χ2n) is 4.72. The van der Waals surface area contributed by atoms with E-state index in [1.54, 1.807) is 0 Å². The van der Waals surface area contributed by atoms with Gasteiger partial charge in [0.2, 0.25) is 3.79 Å².